The summed E-state index contributed by atoms with van der Waals surface area (Å²) in [6.45, 7) is 2.67. The van der Waals surface area contributed by atoms with Crippen LogP contribution in [-0.2, 0) is 13.0 Å². The summed E-state index contributed by atoms with van der Waals surface area (Å²) >= 11 is 5.14. The van der Waals surface area contributed by atoms with Gasteiger partial charge in [-0.3, -0.25) is 0 Å². The van der Waals surface area contributed by atoms with Gasteiger partial charge >= 0.3 is 5.97 Å². The van der Waals surface area contributed by atoms with Crippen molar-refractivity contribution in [3.8, 4) is 0 Å². The first-order chi connectivity index (χ1) is 10.1. The Morgan fingerprint density at radius 1 is 1.38 bits per heavy atom. The fourth-order valence-electron chi connectivity index (χ4n) is 1.92. The molecule has 0 amide bonds. The molecule has 0 unspecified atom stereocenters. The molecule has 110 valence electrons. The van der Waals surface area contributed by atoms with Crippen LogP contribution in [-0.4, -0.2) is 21.0 Å². The smallest absolute Gasteiger partial charge is 0.335 e. The fraction of sp³-hybridized carbons (Fsp3) is 0.267. The van der Waals surface area contributed by atoms with E-state index in [9.17, 15) is 4.79 Å². The second kappa shape index (κ2) is 6.99. The molecular weight excluding hydrogens is 286 g/mol. The average Bonchev–Trinajstić information content (AvgIpc) is 2.45. The zero-order chi connectivity index (χ0) is 15.2. The minimum atomic E-state index is -0.920. The van der Waals surface area contributed by atoms with E-state index in [-0.39, 0.29) is 5.56 Å². The van der Waals surface area contributed by atoms with E-state index >= 15 is 0 Å². The van der Waals surface area contributed by atoms with E-state index in [1.54, 1.807) is 30.3 Å². The quantitative estimate of drug-likeness (QED) is 0.713. The van der Waals surface area contributed by atoms with Crippen LogP contribution in [0.15, 0.2) is 30.3 Å². The first-order valence-corrected chi connectivity index (χ1v) is 7.15. The molecular formula is C15H17N3O2S. The van der Waals surface area contributed by atoms with E-state index in [2.05, 4.69) is 22.2 Å². The third-order valence-corrected chi connectivity index (χ3v) is 3.17. The maximum atomic E-state index is 10.8. The summed E-state index contributed by atoms with van der Waals surface area (Å²) < 4.78 is 0.556. The van der Waals surface area contributed by atoms with Gasteiger partial charge in [0, 0.05) is 19.0 Å². The lowest BCUT2D eigenvalue weighted by Crippen LogP contribution is -2.05. The average molecular weight is 303 g/mol. The second-order valence-corrected chi connectivity index (χ2v) is 5.10. The van der Waals surface area contributed by atoms with Gasteiger partial charge in [-0.25, -0.2) is 9.78 Å². The Morgan fingerprint density at radius 3 is 2.71 bits per heavy atom. The number of hydrogen-bond acceptors (Lipinski definition) is 4. The number of nitrogens with zero attached hydrogens (tertiary/aromatic N) is 1. The van der Waals surface area contributed by atoms with Gasteiger partial charge in [-0.15, -0.1) is 0 Å². The standard InChI is InChI=1S/C15H17N3O2S/c1-2-3-12-17-13(8-14(21)18-12)16-9-10-4-6-11(7-5-10)15(19)20/h4-8H,2-3,9H2,1H3,(H,19,20)(H2,16,17,18,21). The Kier molecular flexibility index (Phi) is 5.05. The Morgan fingerprint density at radius 2 is 2.10 bits per heavy atom. The largest absolute Gasteiger partial charge is 0.478 e. The number of anilines is 1. The highest BCUT2D eigenvalue weighted by atomic mass is 32.1. The van der Waals surface area contributed by atoms with E-state index in [1.807, 2.05) is 0 Å². The molecule has 1 heterocycles. The molecule has 0 aliphatic carbocycles. The van der Waals surface area contributed by atoms with Crippen LogP contribution in [0.3, 0.4) is 0 Å². The molecule has 0 aliphatic rings. The predicted octanol–water partition coefficient (Wildman–Crippen LogP) is 3.40. The van der Waals surface area contributed by atoms with Crippen LogP contribution in [0.5, 0.6) is 0 Å². The van der Waals surface area contributed by atoms with Crippen molar-refractivity contribution in [2.24, 2.45) is 0 Å². The van der Waals surface area contributed by atoms with Crippen molar-refractivity contribution in [1.29, 1.82) is 0 Å². The van der Waals surface area contributed by atoms with Gasteiger partial charge in [0.2, 0.25) is 0 Å². The van der Waals surface area contributed by atoms with E-state index in [0.29, 0.717) is 11.2 Å². The summed E-state index contributed by atoms with van der Waals surface area (Å²) in [6, 6.07) is 8.55. The van der Waals surface area contributed by atoms with E-state index in [0.717, 1.165) is 30.0 Å². The van der Waals surface area contributed by atoms with E-state index < -0.39 is 5.97 Å². The summed E-state index contributed by atoms with van der Waals surface area (Å²) in [5.41, 5.74) is 1.28. The molecule has 0 atom stereocenters. The lowest BCUT2D eigenvalue weighted by Gasteiger charge is -2.08. The number of aromatic carboxylic acids is 1. The molecule has 2 rings (SSSR count). The van der Waals surface area contributed by atoms with E-state index in [1.165, 1.54) is 0 Å². The Balaban J connectivity index is 2.05. The van der Waals surface area contributed by atoms with Crippen molar-refractivity contribution in [2.45, 2.75) is 26.3 Å². The summed E-state index contributed by atoms with van der Waals surface area (Å²) in [5, 5.41) is 12.1. The number of carboxylic acid groups (broad SMARTS) is 1. The Labute approximate surface area is 128 Å². The molecule has 21 heavy (non-hydrogen) atoms. The van der Waals surface area contributed by atoms with Gasteiger partial charge in [0.25, 0.3) is 0 Å². The lowest BCUT2D eigenvalue weighted by molar-refractivity contribution is 0.0697. The van der Waals surface area contributed by atoms with Gasteiger partial charge in [-0.2, -0.15) is 0 Å². The number of benzene rings is 1. The monoisotopic (exact) mass is 303 g/mol. The molecule has 5 nitrogen and oxygen atoms in total. The third kappa shape index (κ3) is 4.39. The SMILES string of the molecule is CCCc1nc(=S)cc(NCc2ccc(C(=O)O)cc2)[nH]1. The molecule has 0 radical (unpaired) electrons. The third-order valence-electron chi connectivity index (χ3n) is 2.96. The van der Waals surface area contributed by atoms with Crippen LogP contribution in [0, 0.1) is 4.64 Å². The maximum Gasteiger partial charge on any atom is 0.335 e. The van der Waals surface area contributed by atoms with Crippen molar-refractivity contribution in [1.82, 2.24) is 9.97 Å². The van der Waals surface area contributed by atoms with Crippen molar-refractivity contribution < 1.29 is 9.90 Å². The number of H-pyrrole nitrogens is 1. The van der Waals surface area contributed by atoms with Crippen LogP contribution < -0.4 is 5.32 Å². The van der Waals surface area contributed by atoms with Crippen LogP contribution in [0.4, 0.5) is 5.82 Å². The van der Waals surface area contributed by atoms with Gasteiger partial charge < -0.3 is 15.4 Å². The first-order valence-electron chi connectivity index (χ1n) is 6.75. The molecule has 0 bridgehead atoms. The van der Waals surface area contributed by atoms with Crippen molar-refractivity contribution >= 4 is 24.0 Å². The lowest BCUT2D eigenvalue weighted by atomic mass is 10.1. The number of hydrogen-bond donors (Lipinski definition) is 3. The zero-order valence-electron chi connectivity index (χ0n) is 11.7. The topological polar surface area (TPSA) is 78.0 Å². The first kappa shape index (κ1) is 15.2. The normalized spacial score (nSPS) is 10.3. The molecule has 1 aromatic carbocycles. The van der Waals surface area contributed by atoms with E-state index in [4.69, 9.17) is 17.3 Å². The number of aromatic nitrogens is 2. The Hall–Kier alpha value is -2.21. The molecule has 1 aromatic heterocycles. The molecule has 0 aliphatic heterocycles. The molecule has 0 saturated carbocycles. The molecule has 0 spiro atoms. The number of aromatic amines is 1. The van der Waals surface area contributed by atoms with Gasteiger partial charge in [0.1, 0.15) is 16.3 Å². The number of carboxylic acids is 1. The number of carbonyl (C=O) groups is 1. The predicted molar refractivity (Wildman–Crippen MR) is 84.1 cm³/mol. The molecule has 6 heteroatoms. The summed E-state index contributed by atoms with van der Waals surface area (Å²) in [7, 11) is 0. The van der Waals surface area contributed by atoms with Crippen LogP contribution in [0.1, 0.15) is 35.1 Å². The summed E-state index contributed by atoms with van der Waals surface area (Å²) in [4.78, 5) is 18.3. The van der Waals surface area contributed by atoms with Gasteiger partial charge in [-0.1, -0.05) is 31.3 Å². The molecule has 2 aromatic rings. The van der Waals surface area contributed by atoms with Crippen LogP contribution >= 0.6 is 12.2 Å². The Bertz CT molecular complexity index is 680. The van der Waals surface area contributed by atoms with Crippen molar-refractivity contribution in [2.75, 3.05) is 5.32 Å². The highest BCUT2D eigenvalue weighted by molar-refractivity contribution is 7.71. The highest BCUT2D eigenvalue weighted by Gasteiger charge is 2.02. The van der Waals surface area contributed by atoms with Crippen molar-refractivity contribution in [3.63, 3.8) is 0 Å². The zero-order valence-corrected chi connectivity index (χ0v) is 12.5. The molecule has 0 fully saturated rings. The minimum Gasteiger partial charge on any atom is -0.478 e. The summed E-state index contributed by atoms with van der Waals surface area (Å²) in [6.07, 6.45) is 1.85. The molecule has 3 N–H and O–H groups in total. The van der Waals surface area contributed by atoms with Crippen molar-refractivity contribution in [3.05, 3.63) is 51.9 Å². The second-order valence-electron chi connectivity index (χ2n) is 4.69. The highest BCUT2D eigenvalue weighted by Crippen LogP contribution is 2.09. The summed E-state index contributed by atoms with van der Waals surface area (Å²) in [5.74, 6) is 0.770. The maximum absolute atomic E-state index is 10.8. The van der Waals surface area contributed by atoms with Gasteiger partial charge in [0.15, 0.2) is 0 Å². The molecule has 0 saturated heterocycles. The van der Waals surface area contributed by atoms with Gasteiger partial charge in [0.05, 0.1) is 5.56 Å². The number of aryl methyl sites for hydroxylation is 1. The number of nitrogens with one attached hydrogen (secondary N) is 2. The van der Waals surface area contributed by atoms with Crippen LogP contribution in [0.25, 0.3) is 0 Å². The number of rotatable bonds is 6. The minimum absolute atomic E-state index is 0.285. The van der Waals surface area contributed by atoms with Crippen LogP contribution in [0.2, 0.25) is 0 Å². The fourth-order valence-corrected chi connectivity index (χ4v) is 2.15. The van der Waals surface area contributed by atoms with Gasteiger partial charge in [-0.05, 0) is 24.1 Å².